The van der Waals surface area contributed by atoms with Crippen LogP contribution in [0.2, 0.25) is 0 Å². The summed E-state index contributed by atoms with van der Waals surface area (Å²) < 4.78 is 38.3. The van der Waals surface area contributed by atoms with Gasteiger partial charge in [0.05, 0.1) is 21.2 Å². The molecule has 168 valence electrons. The predicted molar refractivity (Wildman–Crippen MR) is 120 cm³/mol. The Balaban J connectivity index is 1.47. The van der Waals surface area contributed by atoms with Crippen molar-refractivity contribution in [3.63, 3.8) is 0 Å². The van der Waals surface area contributed by atoms with Gasteiger partial charge >= 0.3 is 0 Å². The van der Waals surface area contributed by atoms with Crippen LogP contribution in [-0.4, -0.2) is 32.1 Å². The normalized spacial score (nSPS) is 12.6. The molecule has 0 amide bonds. The lowest BCUT2D eigenvalue weighted by Crippen LogP contribution is -2.13. The Bertz CT molecular complexity index is 1350. The number of carbonyl (C=O) groups excluding carboxylic acids is 1. The van der Waals surface area contributed by atoms with Crippen LogP contribution in [0.4, 0.5) is 17.1 Å². The number of benzene rings is 3. The minimum absolute atomic E-state index is 0.0108. The molecule has 4 rings (SSSR count). The lowest BCUT2D eigenvalue weighted by Gasteiger charge is -2.10. The second-order valence-corrected chi connectivity index (χ2v) is 8.56. The van der Waals surface area contributed by atoms with Gasteiger partial charge in [-0.3, -0.25) is 24.6 Å². The number of non-ortho nitro benzene ring substituents is 1. The van der Waals surface area contributed by atoms with Crippen LogP contribution in [0.1, 0.15) is 16.8 Å². The Morgan fingerprint density at radius 2 is 1.79 bits per heavy atom. The summed E-state index contributed by atoms with van der Waals surface area (Å²) in [7, 11) is -4.01. The molecule has 0 aliphatic carbocycles. The molecule has 0 saturated heterocycles. The fourth-order valence-electron chi connectivity index (χ4n) is 3.04. The van der Waals surface area contributed by atoms with E-state index in [0.29, 0.717) is 22.7 Å². The van der Waals surface area contributed by atoms with E-state index in [1.54, 1.807) is 36.4 Å². The van der Waals surface area contributed by atoms with Crippen LogP contribution in [0.5, 0.6) is 11.5 Å². The minimum atomic E-state index is -4.01. The molecule has 0 radical (unpaired) electrons. The van der Waals surface area contributed by atoms with Crippen molar-refractivity contribution < 1.29 is 27.6 Å². The average Bonchev–Trinajstić information content (AvgIpc) is 3.28. The number of hydrogen-bond donors (Lipinski definition) is 1. The van der Waals surface area contributed by atoms with E-state index >= 15 is 0 Å². The van der Waals surface area contributed by atoms with Crippen LogP contribution in [0.3, 0.4) is 0 Å². The predicted octanol–water partition coefficient (Wildman–Crippen LogP) is 4.10. The fourth-order valence-corrected chi connectivity index (χ4v) is 4.11. The third-order valence-corrected chi connectivity index (χ3v) is 6.09. The summed E-state index contributed by atoms with van der Waals surface area (Å²) in [6.07, 6.45) is 1.38. The summed E-state index contributed by atoms with van der Waals surface area (Å²) in [6, 6.07) is 15.8. The second kappa shape index (κ2) is 9.09. The number of para-hydroxylation sites is 2. The van der Waals surface area contributed by atoms with Crippen molar-refractivity contribution in [2.45, 2.75) is 11.3 Å². The Morgan fingerprint density at radius 3 is 2.55 bits per heavy atom. The number of nitro benzene ring substituents is 1. The molecule has 0 bridgehead atoms. The molecule has 11 heteroatoms. The first-order valence-corrected chi connectivity index (χ1v) is 11.1. The van der Waals surface area contributed by atoms with Crippen molar-refractivity contribution >= 4 is 39.1 Å². The standard InChI is InChI=1S/C22H17N3O7S/c26-20(15-5-10-21-22(13-15)32-14-31-21)11-12-23-18-3-1-2-4-19(18)24-33(29,30)17-8-6-16(7-9-17)25(27)28/h1-10,12-13,24H,11,14H2. The number of Topliss-reactive ketones (excluding diaryl/α,β-unsaturated/α-hetero) is 1. The van der Waals surface area contributed by atoms with Gasteiger partial charge in [-0.25, -0.2) is 8.42 Å². The first-order valence-electron chi connectivity index (χ1n) is 9.65. The van der Waals surface area contributed by atoms with E-state index in [4.69, 9.17) is 9.47 Å². The number of carbonyl (C=O) groups is 1. The summed E-state index contributed by atoms with van der Waals surface area (Å²) in [5.74, 6) is 0.888. The van der Waals surface area contributed by atoms with Gasteiger partial charge in [0.25, 0.3) is 15.7 Å². The van der Waals surface area contributed by atoms with Crippen molar-refractivity contribution in [3.05, 3.63) is 82.4 Å². The highest BCUT2D eigenvalue weighted by atomic mass is 32.2. The number of nitrogens with zero attached hydrogens (tertiary/aromatic N) is 2. The lowest BCUT2D eigenvalue weighted by atomic mass is 10.1. The van der Waals surface area contributed by atoms with Gasteiger partial charge in [0.2, 0.25) is 6.79 Å². The van der Waals surface area contributed by atoms with Gasteiger partial charge in [-0.15, -0.1) is 0 Å². The Labute approximate surface area is 188 Å². The zero-order valence-corrected chi connectivity index (χ0v) is 17.8. The van der Waals surface area contributed by atoms with Gasteiger partial charge in [-0.2, -0.15) is 0 Å². The van der Waals surface area contributed by atoms with Crippen LogP contribution in [0.25, 0.3) is 0 Å². The van der Waals surface area contributed by atoms with Crippen molar-refractivity contribution in [2.24, 2.45) is 4.99 Å². The van der Waals surface area contributed by atoms with Gasteiger partial charge in [-0.05, 0) is 42.5 Å². The maximum atomic E-state index is 12.7. The molecule has 0 atom stereocenters. The molecule has 0 aromatic heterocycles. The number of rotatable bonds is 8. The molecule has 3 aromatic rings. The van der Waals surface area contributed by atoms with Crippen molar-refractivity contribution in [1.29, 1.82) is 0 Å². The quantitative estimate of drug-likeness (QED) is 0.228. The van der Waals surface area contributed by atoms with Crippen molar-refractivity contribution in [1.82, 2.24) is 0 Å². The lowest BCUT2D eigenvalue weighted by molar-refractivity contribution is -0.384. The van der Waals surface area contributed by atoms with Crippen LogP contribution in [0, 0.1) is 10.1 Å². The number of hydrogen-bond acceptors (Lipinski definition) is 8. The van der Waals surface area contributed by atoms with Crippen LogP contribution in [-0.2, 0) is 10.0 Å². The molecule has 1 aliphatic rings. The zero-order valence-electron chi connectivity index (χ0n) is 17.0. The highest BCUT2D eigenvalue weighted by Crippen LogP contribution is 2.33. The molecule has 3 aromatic carbocycles. The van der Waals surface area contributed by atoms with Gasteiger partial charge < -0.3 is 9.47 Å². The average molecular weight is 467 g/mol. The first kappa shape index (κ1) is 22.0. The van der Waals surface area contributed by atoms with E-state index in [0.717, 1.165) is 24.3 Å². The van der Waals surface area contributed by atoms with E-state index in [2.05, 4.69) is 9.71 Å². The Hall–Kier alpha value is -4.25. The van der Waals surface area contributed by atoms with E-state index in [1.165, 1.54) is 12.3 Å². The molecule has 1 N–H and O–H groups in total. The highest BCUT2D eigenvalue weighted by Gasteiger charge is 2.18. The van der Waals surface area contributed by atoms with E-state index in [9.17, 15) is 23.3 Å². The smallest absolute Gasteiger partial charge is 0.269 e. The molecule has 0 unspecified atom stereocenters. The zero-order chi connectivity index (χ0) is 23.4. The number of ether oxygens (including phenoxy) is 2. The van der Waals surface area contributed by atoms with Gasteiger partial charge in [0, 0.05) is 30.3 Å². The fraction of sp³-hybridized carbons (Fsp3) is 0.0909. The molecule has 33 heavy (non-hydrogen) atoms. The van der Waals surface area contributed by atoms with Crippen molar-refractivity contribution in [2.75, 3.05) is 11.5 Å². The summed E-state index contributed by atoms with van der Waals surface area (Å²) in [4.78, 5) is 26.7. The maximum absolute atomic E-state index is 12.7. The van der Waals surface area contributed by atoms with Gasteiger partial charge in [-0.1, -0.05) is 12.1 Å². The topological polar surface area (TPSA) is 137 Å². The van der Waals surface area contributed by atoms with E-state index < -0.39 is 14.9 Å². The Morgan fingerprint density at radius 1 is 1.06 bits per heavy atom. The second-order valence-electron chi connectivity index (χ2n) is 6.88. The van der Waals surface area contributed by atoms with Crippen LogP contribution in [0.15, 0.2) is 76.6 Å². The van der Waals surface area contributed by atoms with Crippen LogP contribution >= 0.6 is 0 Å². The number of nitrogens with one attached hydrogen (secondary N) is 1. The van der Waals surface area contributed by atoms with E-state index in [-0.39, 0.29) is 35.3 Å². The monoisotopic (exact) mass is 467 g/mol. The minimum Gasteiger partial charge on any atom is -0.454 e. The molecular weight excluding hydrogens is 450 g/mol. The molecule has 0 saturated carbocycles. The molecule has 1 heterocycles. The Kier molecular flexibility index (Phi) is 6.05. The number of fused-ring (bicyclic) bond motifs is 1. The largest absolute Gasteiger partial charge is 0.454 e. The number of aliphatic imine (C=N–C) groups is 1. The van der Waals surface area contributed by atoms with Gasteiger partial charge in [0.15, 0.2) is 17.3 Å². The molecule has 10 nitrogen and oxygen atoms in total. The molecule has 0 fully saturated rings. The third kappa shape index (κ3) is 4.99. The van der Waals surface area contributed by atoms with Crippen LogP contribution < -0.4 is 14.2 Å². The maximum Gasteiger partial charge on any atom is 0.269 e. The van der Waals surface area contributed by atoms with E-state index in [1.807, 2.05) is 0 Å². The molecule has 0 spiro atoms. The summed E-state index contributed by atoms with van der Waals surface area (Å²) in [6.45, 7) is 0.112. The first-order chi connectivity index (χ1) is 15.8. The number of sulfonamides is 1. The number of ketones is 1. The van der Waals surface area contributed by atoms with Gasteiger partial charge in [0.1, 0.15) is 0 Å². The summed E-state index contributed by atoms with van der Waals surface area (Å²) in [5, 5.41) is 10.8. The highest BCUT2D eigenvalue weighted by molar-refractivity contribution is 7.92. The summed E-state index contributed by atoms with van der Waals surface area (Å²) in [5.41, 5.74) is 0.730. The SMILES string of the molecule is O=C(CC=Nc1ccccc1NS(=O)(=O)c1ccc([N+](=O)[O-])cc1)c1ccc2c(c1)OCO2. The molecular formula is C22H17N3O7S. The number of nitro groups is 1. The summed E-state index contributed by atoms with van der Waals surface area (Å²) >= 11 is 0. The third-order valence-electron chi connectivity index (χ3n) is 4.71. The molecule has 1 aliphatic heterocycles. The van der Waals surface area contributed by atoms with Crippen molar-refractivity contribution in [3.8, 4) is 11.5 Å². The number of anilines is 1.